The van der Waals surface area contributed by atoms with Gasteiger partial charge in [-0.1, -0.05) is 18.2 Å². The molecule has 2 N–H and O–H groups in total. The van der Waals surface area contributed by atoms with Gasteiger partial charge in [-0.25, -0.2) is 0 Å². The van der Waals surface area contributed by atoms with Gasteiger partial charge >= 0.3 is 0 Å². The first kappa shape index (κ1) is 11.2. The first-order valence-electron chi connectivity index (χ1n) is 6.79. The summed E-state index contributed by atoms with van der Waals surface area (Å²) in [6, 6.07) is 7.55. The van der Waals surface area contributed by atoms with Crippen LogP contribution >= 0.6 is 0 Å². The molecule has 1 heterocycles. The maximum Gasteiger partial charge on any atom is 0.0239 e. The molecule has 0 aromatic heterocycles. The molecule has 2 aliphatic rings. The Bertz CT molecular complexity index is 413. The van der Waals surface area contributed by atoms with Crippen molar-refractivity contribution in [2.75, 3.05) is 6.54 Å². The van der Waals surface area contributed by atoms with Crippen molar-refractivity contribution in [3.05, 3.63) is 34.9 Å². The van der Waals surface area contributed by atoms with Crippen LogP contribution in [0.5, 0.6) is 0 Å². The number of hydrogen-bond donors (Lipinski definition) is 1. The van der Waals surface area contributed by atoms with Gasteiger partial charge in [-0.3, -0.25) is 4.90 Å². The molecule has 1 aliphatic heterocycles. The predicted octanol–water partition coefficient (Wildman–Crippen LogP) is 2.44. The molecule has 1 saturated heterocycles. The Morgan fingerprint density at radius 1 is 1.35 bits per heavy atom. The number of nitrogens with zero attached hydrogens (tertiary/aromatic N) is 1. The van der Waals surface area contributed by atoms with E-state index in [1.165, 1.54) is 42.5 Å². The summed E-state index contributed by atoms with van der Waals surface area (Å²) < 4.78 is 0. The quantitative estimate of drug-likeness (QED) is 0.864. The smallest absolute Gasteiger partial charge is 0.0239 e. The molecule has 0 radical (unpaired) electrons. The minimum absolute atomic E-state index is 0.648. The molecule has 2 heteroatoms. The normalized spacial score (nSPS) is 27.9. The molecule has 2 atom stereocenters. The van der Waals surface area contributed by atoms with Gasteiger partial charge in [0, 0.05) is 25.7 Å². The van der Waals surface area contributed by atoms with E-state index in [4.69, 9.17) is 5.73 Å². The van der Waals surface area contributed by atoms with Crippen LogP contribution in [0.1, 0.15) is 36.0 Å². The summed E-state index contributed by atoms with van der Waals surface area (Å²) in [7, 11) is 0. The summed E-state index contributed by atoms with van der Waals surface area (Å²) in [6.07, 6.45) is 4.33. The Hall–Kier alpha value is -0.860. The van der Waals surface area contributed by atoms with E-state index in [0.717, 1.165) is 18.5 Å². The highest BCUT2D eigenvalue weighted by Gasteiger charge is 2.37. The Labute approximate surface area is 104 Å². The molecule has 2 nitrogen and oxygen atoms in total. The monoisotopic (exact) mass is 230 g/mol. The second kappa shape index (κ2) is 4.43. The highest BCUT2D eigenvalue weighted by Crippen LogP contribution is 2.38. The largest absolute Gasteiger partial charge is 0.326 e. The fraction of sp³-hybridized carbons (Fsp3) is 0.600. The van der Waals surface area contributed by atoms with Crippen molar-refractivity contribution in [3.8, 4) is 0 Å². The van der Waals surface area contributed by atoms with Gasteiger partial charge in [0.1, 0.15) is 0 Å². The van der Waals surface area contributed by atoms with Crippen LogP contribution < -0.4 is 5.73 Å². The summed E-state index contributed by atoms with van der Waals surface area (Å²) in [6.45, 7) is 5.32. The number of piperidine rings is 1. The van der Waals surface area contributed by atoms with Gasteiger partial charge in [0.05, 0.1) is 0 Å². The van der Waals surface area contributed by atoms with Crippen molar-refractivity contribution in [2.24, 2.45) is 11.7 Å². The van der Waals surface area contributed by atoms with Gasteiger partial charge in [0.25, 0.3) is 0 Å². The predicted molar refractivity (Wildman–Crippen MR) is 70.6 cm³/mol. The highest BCUT2D eigenvalue weighted by molar-refractivity contribution is 5.31. The molecule has 3 rings (SSSR count). The van der Waals surface area contributed by atoms with E-state index in [1.54, 1.807) is 0 Å². The lowest BCUT2D eigenvalue weighted by Crippen LogP contribution is -2.31. The molecule has 0 amide bonds. The van der Waals surface area contributed by atoms with Crippen LogP contribution in [0.4, 0.5) is 0 Å². The van der Waals surface area contributed by atoms with Gasteiger partial charge < -0.3 is 5.73 Å². The molecule has 1 aromatic rings. The average Bonchev–Trinajstić information content (AvgIpc) is 2.93. The van der Waals surface area contributed by atoms with Crippen molar-refractivity contribution < 1.29 is 0 Å². The van der Waals surface area contributed by atoms with Crippen LogP contribution in [0.2, 0.25) is 0 Å². The van der Waals surface area contributed by atoms with E-state index in [0.29, 0.717) is 6.54 Å². The van der Waals surface area contributed by atoms with E-state index in [2.05, 4.69) is 30.0 Å². The van der Waals surface area contributed by atoms with Crippen LogP contribution in [0, 0.1) is 12.8 Å². The minimum atomic E-state index is 0.648. The van der Waals surface area contributed by atoms with Crippen LogP contribution in [0.3, 0.4) is 0 Å². The van der Waals surface area contributed by atoms with Crippen molar-refractivity contribution in [1.29, 1.82) is 0 Å². The molecular weight excluding hydrogens is 208 g/mol. The van der Waals surface area contributed by atoms with Gasteiger partial charge in [-0.15, -0.1) is 0 Å². The Morgan fingerprint density at radius 3 is 2.82 bits per heavy atom. The molecule has 92 valence electrons. The lowest BCUT2D eigenvalue weighted by atomic mass is 10.0. The van der Waals surface area contributed by atoms with E-state index < -0.39 is 0 Å². The zero-order valence-electron chi connectivity index (χ0n) is 10.7. The van der Waals surface area contributed by atoms with Gasteiger partial charge in [-0.2, -0.15) is 0 Å². The first-order chi connectivity index (χ1) is 8.26. The second-order valence-electron chi connectivity index (χ2n) is 5.73. The van der Waals surface area contributed by atoms with Crippen molar-refractivity contribution in [1.82, 2.24) is 4.90 Å². The Balaban J connectivity index is 1.73. The summed E-state index contributed by atoms with van der Waals surface area (Å²) in [5.74, 6) is 0.989. The number of fused-ring (bicyclic) bond motifs is 2. The highest BCUT2D eigenvalue weighted by atomic mass is 15.2. The van der Waals surface area contributed by atoms with Gasteiger partial charge in [0.15, 0.2) is 0 Å². The summed E-state index contributed by atoms with van der Waals surface area (Å²) >= 11 is 0. The second-order valence-corrected chi connectivity index (χ2v) is 5.73. The van der Waals surface area contributed by atoms with Crippen molar-refractivity contribution >= 4 is 0 Å². The van der Waals surface area contributed by atoms with E-state index in [-0.39, 0.29) is 0 Å². The molecular formula is C15H22N2. The third-order valence-corrected chi connectivity index (χ3v) is 4.54. The van der Waals surface area contributed by atoms with Crippen LogP contribution in [-0.4, -0.2) is 17.5 Å². The standard InChI is InChI=1S/C15H22N2/c1-11-6-12(8-16)2-4-14(11)10-17-9-13-3-5-15(17)7-13/h2,4,6,13,15H,3,5,7-10,16H2,1H3. The lowest BCUT2D eigenvalue weighted by Gasteiger charge is -2.27. The van der Waals surface area contributed by atoms with Crippen molar-refractivity contribution in [2.45, 2.75) is 45.3 Å². The number of hydrogen-bond acceptors (Lipinski definition) is 2. The molecule has 1 aromatic carbocycles. The van der Waals surface area contributed by atoms with E-state index >= 15 is 0 Å². The van der Waals surface area contributed by atoms with Gasteiger partial charge in [0.2, 0.25) is 0 Å². The van der Waals surface area contributed by atoms with E-state index in [1.807, 2.05) is 0 Å². The van der Waals surface area contributed by atoms with Crippen LogP contribution in [-0.2, 0) is 13.1 Å². The van der Waals surface area contributed by atoms with E-state index in [9.17, 15) is 0 Å². The zero-order chi connectivity index (χ0) is 11.8. The number of benzene rings is 1. The number of nitrogens with two attached hydrogens (primary N) is 1. The molecule has 1 aliphatic carbocycles. The molecule has 2 fully saturated rings. The maximum atomic E-state index is 5.67. The van der Waals surface area contributed by atoms with Gasteiger partial charge in [-0.05, 0) is 48.8 Å². The molecule has 0 spiro atoms. The number of aryl methyl sites for hydroxylation is 1. The third kappa shape index (κ3) is 2.12. The minimum Gasteiger partial charge on any atom is -0.326 e. The van der Waals surface area contributed by atoms with Crippen LogP contribution in [0.15, 0.2) is 18.2 Å². The SMILES string of the molecule is Cc1cc(CN)ccc1CN1CC2CCC1C2. The number of rotatable bonds is 3. The average molecular weight is 230 g/mol. The Morgan fingerprint density at radius 2 is 2.24 bits per heavy atom. The lowest BCUT2D eigenvalue weighted by molar-refractivity contribution is 0.205. The van der Waals surface area contributed by atoms with Crippen LogP contribution in [0.25, 0.3) is 0 Å². The summed E-state index contributed by atoms with van der Waals surface area (Å²) in [5.41, 5.74) is 9.80. The molecule has 2 bridgehead atoms. The van der Waals surface area contributed by atoms with Crippen molar-refractivity contribution in [3.63, 3.8) is 0 Å². The molecule has 17 heavy (non-hydrogen) atoms. The first-order valence-corrected chi connectivity index (χ1v) is 6.79. The molecule has 2 unspecified atom stereocenters. The number of likely N-dealkylation sites (tertiary alicyclic amines) is 1. The molecule has 1 saturated carbocycles. The summed E-state index contributed by atoms with van der Waals surface area (Å²) in [5, 5.41) is 0. The fourth-order valence-electron chi connectivity index (χ4n) is 3.50. The third-order valence-electron chi connectivity index (χ3n) is 4.54. The Kier molecular flexibility index (Phi) is 2.93. The fourth-order valence-corrected chi connectivity index (χ4v) is 3.50. The summed E-state index contributed by atoms with van der Waals surface area (Å²) in [4.78, 5) is 2.68. The topological polar surface area (TPSA) is 29.3 Å². The maximum absolute atomic E-state index is 5.67. The zero-order valence-corrected chi connectivity index (χ0v) is 10.7.